The molecule has 0 atom stereocenters. The standard InChI is InChI=1S/C19H14N4O2/c20-16-6-15(9-21-11-16)12-4-5-14-10-22-23(18(14)8-12)17-3-1-2-13(7-17)19(24)25/h1-11H,20H2,(H,24,25). The van der Waals surface area contributed by atoms with E-state index in [9.17, 15) is 9.90 Å². The number of pyridine rings is 1. The van der Waals surface area contributed by atoms with Gasteiger partial charge in [-0.25, -0.2) is 9.48 Å². The molecule has 0 amide bonds. The fourth-order valence-corrected chi connectivity index (χ4v) is 2.79. The van der Waals surface area contributed by atoms with E-state index in [1.165, 1.54) is 0 Å². The van der Waals surface area contributed by atoms with Crippen molar-refractivity contribution in [2.45, 2.75) is 0 Å². The van der Waals surface area contributed by atoms with Gasteiger partial charge in [-0.2, -0.15) is 5.10 Å². The van der Waals surface area contributed by atoms with Crippen molar-refractivity contribution in [3.8, 4) is 16.8 Å². The zero-order valence-electron chi connectivity index (χ0n) is 13.1. The Morgan fingerprint density at radius 1 is 1.00 bits per heavy atom. The molecule has 122 valence electrons. The van der Waals surface area contributed by atoms with Gasteiger partial charge in [-0.1, -0.05) is 18.2 Å². The van der Waals surface area contributed by atoms with Crippen LogP contribution in [-0.2, 0) is 0 Å². The van der Waals surface area contributed by atoms with Crippen LogP contribution in [0.15, 0.2) is 67.1 Å². The highest BCUT2D eigenvalue weighted by molar-refractivity contribution is 5.89. The van der Waals surface area contributed by atoms with E-state index in [1.807, 2.05) is 30.3 Å². The normalized spacial score (nSPS) is 10.9. The van der Waals surface area contributed by atoms with Crippen LogP contribution in [0.4, 0.5) is 5.69 Å². The number of carboxylic acids is 1. The summed E-state index contributed by atoms with van der Waals surface area (Å²) in [4.78, 5) is 15.3. The number of rotatable bonds is 3. The van der Waals surface area contributed by atoms with Gasteiger partial charge < -0.3 is 10.8 Å². The molecule has 2 heterocycles. The Bertz CT molecular complexity index is 1100. The van der Waals surface area contributed by atoms with Crippen LogP contribution in [0.5, 0.6) is 0 Å². The first-order valence-corrected chi connectivity index (χ1v) is 7.64. The topological polar surface area (TPSA) is 94.0 Å². The highest BCUT2D eigenvalue weighted by atomic mass is 16.4. The zero-order chi connectivity index (χ0) is 17.4. The summed E-state index contributed by atoms with van der Waals surface area (Å²) in [5.41, 5.74) is 10.1. The number of nitrogens with zero attached hydrogens (tertiary/aromatic N) is 3. The quantitative estimate of drug-likeness (QED) is 0.600. The summed E-state index contributed by atoms with van der Waals surface area (Å²) >= 11 is 0. The molecule has 0 unspecified atom stereocenters. The molecule has 6 heteroatoms. The largest absolute Gasteiger partial charge is 0.478 e. The molecule has 25 heavy (non-hydrogen) atoms. The Hall–Kier alpha value is -3.67. The number of hydrogen-bond donors (Lipinski definition) is 2. The molecule has 0 aliphatic heterocycles. The maximum atomic E-state index is 11.2. The fraction of sp³-hybridized carbons (Fsp3) is 0. The predicted molar refractivity (Wildman–Crippen MR) is 95.7 cm³/mol. The van der Waals surface area contributed by atoms with Crippen LogP contribution in [-0.4, -0.2) is 25.8 Å². The number of aromatic nitrogens is 3. The van der Waals surface area contributed by atoms with Gasteiger partial charge >= 0.3 is 5.97 Å². The van der Waals surface area contributed by atoms with Gasteiger partial charge in [0.2, 0.25) is 0 Å². The highest BCUT2D eigenvalue weighted by Crippen LogP contribution is 2.26. The molecular weight excluding hydrogens is 316 g/mol. The number of nitrogen functional groups attached to an aromatic ring is 1. The second-order valence-electron chi connectivity index (χ2n) is 5.69. The minimum absolute atomic E-state index is 0.220. The Morgan fingerprint density at radius 3 is 2.68 bits per heavy atom. The smallest absolute Gasteiger partial charge is 0.335 e. The SMILES string of the molecule is Nc1cncc(-c2ccc3cnn(-c4cccc(C(=O)O)c4)c3c2)c1. The summed E-state index contributed by atoms with van der Waals surface area (Å²) < 4.78 is 1.73. The average Bonchev–Trinajstić information content (AvgIpc) is 3.05. The van der Waals surface area contributed by atoms with Gasteiger partial charge in [0.15, 0.2) is 0 Å². The maximum absolute atomic E-state index is 11.2. The molecule has 0 saturated heterocycles. The summed E-state index contributed by atoms with van der Waals surface area (Å²) in [6.07, 6.45) is 5.11. The maximum Gasteiger partial charge on any atom is 0.335 e. The average molecular weight is 330 g/mol. The van der Waals surface area contributed by atoms with Crippen molar-refractivity contribution in [2.75, 3.05) is 5.73 Å². The zero-order valence-corrected chi connectivity index (χ0v) is 13.1. The third-order valence-corrected chi connectivity index (χ3v) is 4.00. The molecule has 0 spiro atoms. The van der Waals surface area contributed by atoms with Gasteiger partial charge in [-0.05, 0) is 35.9 Å². The summed E-state index contributed by atoms with van der Waals surface area (Å²) in [5, 5.41) is 14.6. The van der Waals surface area contributed by atoms with Gasteiger partial charge in [-0.15, -0.1) is 0 Å². The number of carbonyl (C=O) groups is 1. The first-order valence-electron chi connectivity index (χ1n) is 7.64. The van der Waals surface area contributed by atoms with E-state index in [4.69, 9.17) is 5.73 Å². The van der Waals surface area contributed by atoms with E-state index in [1.54, 1.807) is 41.5 Å². The highest BCUT2D eigenvalue weighted by Gasteiger charge is 2.10. The second kappa shape index (κ2) is 5.76. The monoisotopic (exact) mass is 330 g/mol. The number of aromatic carboxylic acids is 1. The van der Waals surface area contributed by atoms with Crippen molar-refractivity contribution in [2.24, 2.45) is 0 Å². The van der Waals surface area contributed by atoms with Gasteiger partial charge in [0, 0.05) is 23.3 Å². The molecule has 2 aromatic heterocycles. The minimum Gasteiger partial charge on any atom is -0.478 e. The first kappa shape index (κ1) is 14.9. The molecule has 4 rings (SSSR count). The van der Waals surface area contributed by atoms with E-state index in [2.05, 4.69) is 10.1 Å². The van der Waals surface area contributed by atoms with Crippen molar-refractivity contribution < 1.29 is 9.90 Å². The van der Waals surface area contributed by atoms with Gasteiger partial charge in [0.25, 0.3) is 0 Å². The molecule has 4 aromatic rings. The van der Waals surface area contributed by atoms with Crippen LogP contribution in [0.2, 0.25) is 0 Å². The third kappa shape index (κ3) is 2.70. The number of carboxylic acid groups (broad SMARTS) is 1. The lowest BCUT2D eigenvalue weighted by molar-refractivity contribution is 0.0697. The van der Waals surface area contributed by atoms with Gasteiger partial charge in [-0.3, -0.25) is 4.98 Å². The molecule has 0 bridgehead atoms. The van der Waals surface area contributed by atoms with Crippen LogP contribution in [0.25, 0.3) is 27.7 Å². The van der Waals surface area contributed by atoms with Crippen molar-refractivity contribution in [1.29, 1.82) is 0 Å². The van der Waals surface area contributed by atoms with E-state index in [-0.39, 0.29) is 5.56 Å². The third-order valence-electron chi connectivity index (χ3n) is 4.00. The van der Waals surface area contributed by atoms with Crippen LogP contribution < -0.4 is 5.73 Å². The van der Waals surface area contributed by atoms with Gasteiger partial charge in [0.05, 0.1) is 28.7 Å². The molecule has 2 aromatic carbocycles. The number of hydrogen-bond acceptors (Lipinski definition) is 4. The number of nitrogens with two attached hydrogens (primary N) is 1. The Kier molecular flexibility index (Phi) is 3.43. The van der Waals surface area contributed by atoms with Crippen LogP contribution >= 0.6 is 0 Å². The van der Waals surface area contributed by atoms with Crippen molar-refractivity contribution in [1.82, 2.24) is 14.8 Å². The summed E-state index contributed by atoms with van der Waals surface area (Å²) in [7, 11) is 0. The Labute approximate surface area is 143 Å². The van der Waals surface area contributed by atoms with Crippen LogP contribution in [0.3, 0.4) is 0 Å². The molecule has 0 saturated carbocycles. The molecular formula is C19H14N4O2. The van der Waals surface area contributed by atoms with Crippen molar-refractivity contribution >= 4 is 22.6 Å². The lowest BCUT2D eigenvalue weighted by Crippen LogP contribution is -2.01. The number of fused-ring (bicyclic) bond motifs is 1. The Morgan fingerprint density at radius 2 is 1.88 bits per heavy atom. The number of anilines is 1. The molecule has 6 nitrogen and oxygen atoms in total. The lowest BCUT2D eigenvalue weighted by Gasteiger charge is -2.07. The molecule has 0 aliphatic rings. The van der Waals surface area contributed by atoms with Crippen molar-refractivity contribution in [3.63, 3.8) is 0 Å². The summed E-state index contributed by atoms with van der Waals surface area (Å²) in [6.45, 7) is 0. The minimum atomic E-state index is -0.968. The van der Waals surface area contributed by atoms with E-state index in [0.717, 1.165) is 22.0 Å². The molecule has 0 radical (unpaired) electrons. The molecule has 3 N–H and O–H groups in total. The van der Waals surface area contributed by atoms with Crippen molar-refractivity contribution in [3.05, 3.63) is 72.7 Å². The fourth-order valence-electron chi connectivity index (χ4n) is 2.79. The van der Waals surface area contributed by atoms with Gasteiger partial charge in [0.1, 0.15) is 0 Å². The van der Waals surface area contributed by atoms with E-state index >= 15 is 0 Å². The van der Waals surface area contributed by atoms with E-state index in [0.29, 0.717) is 11.4 Å². The summed E-state index contributed by atoms with van der Waals surface area (Å²) in [5.74, 6) is -0.968. The first-order chi connectivity index (χ1) is 12.1. The lowest BCUT2D eigenvalue weighted by atomic mass is 10.1. The Balaban J connectivity index is 1.87. The van der Waals surface area contributed by atoms with Crippen LogP contribution in [0.1, 0.15) is 10.4 Å². The van der Waals surface area contributed by atoms with Crippen LogP contribution in [0, 0.1) is 0 Å². The summed E-state index contributed by atoms with van der Waals surface area (Å²) in [6, 6.07) is 14.5. The van der Waals surface area contributed by atoms with E-state index < -0.39 is 5.97 Å². The molecule has 0 fully saturated rings. The number of benzene rings is 2. The predicted octanol–water partition coefficient (Wildman–Crippen LogP) is 3.37. The molecule has 0 aliphatic carbocycles. The second-order valence-corrected chi connectivity index (χ2v) is 5.69.